The van der Waals surface area contributed by atoms with E-state index in [-0.39, 0.29) is 18.8 Å². The number of nitrogens with zero attached hydrogens (tertiary/aromatic N) is 3. The second-order valence-corrected chi connectivity index (χ2v) is 12.6. The molecule has 0 bridgehead atoms. The molecular formula is C28H27F3N4O3S2. The lowest BCUT2D eigenvalue weighted by molar-refractivity contribution is -0.154. The Kier molecular flexibility index (Phi) is 7.22. The molecule has 0 saturated heterocycles. The number of aliphatic hydroxyl groups is 1. The lowest BCUT2D eigenvalue weighted by Crippen LogP contribution is -2.44. The summed E-state index contributed by atoms with van der Waals surface area (Å²) in [5.74, 6) is -1.60. The third-order valence-electron chi connectivity index (χ3n) is 7.33. The van der Waals surface area contributed by atoms with Crippen LogP contribution in [0.5, 0.6) is 0 Å². The highest BCUT2D eigenvalue weighted by molar-refractivity contribution is 7.15. The molecule has 2 atom stereocenters. The first-order chi connectivity index (χ1) is 18.7. The molecule has 5 rings (SSSR count). The highest BCUT2D eigenvalue weighted by atomic mass is 32.1. The van der Waals surface area contributed by atoms with Gasteiger partial charge in [0.1, 0.15) is 16.3 Å². The number of aromatic nitrogens is 3. The monoisotopic (exact) mass is 588 g/mol. The lowest BCUT2D eigenvalue weighted by atomic mass is 9.63. The Morgan fingerprint density at radius 3 is 2.55 bits per heavy atom. The van der Waals surface area contributed by atoms with E-state index in [1.165, 1.54) is 11.3 Å². The Balaban J connectivity index is 1.51. The van der Waals surface area contributed by atoms with Crippen LogP contribution in [0.1, 0.15) is 49.4 Å². The zero-order valence-corrected chi connectivity index (χ0v) is 23.5. The summed E-state index contributed by atoms with van der Waals surface area (Å²) in [4.78, 5) is 24.6. The minimum absolute atomic E-state index is 0.184. The van der Waals surface area contributed by atoms with Crippen LogP contribution in [0.4, 0.5) is 24.8 Å². The largest absolute Gasteiger partial charge is 0.481 e. The molecule has 1 aromatic carbocycles. The first-order valence-corrected chi connectivity index (χ1v) is 14.3. The standard InChI is InChI=1S/C28H27F3N4O3S2/c1-15-12-39-13-19(15)16-8-17(10-18(9-16)34-25-32-7-5-22(35-25)28(29,30)31)21-11-33-24(40-21)27(38)6-4-20(23(36)37)26(2,3)14-27/h5,7-13,20,38H,4,6,14H2,1-3H3,(H,36,37)(H,32,34,35)/t20-,27+/m0/s1. The molecule has 0 radical (unpaired) electrons. The maximum Gasteiger partial charge on any atom is 0.433 e. The van der Waals surface area contributed by atoms with Gasteiger partial charge in [0.25, 0.3) is 0 Å². The molecule has 3 heterocycles. The molecular weight excluding hydrogens is 561 g/mol. The van der Waals surface area contributed by atoms with E-state index in [0.29, 0.717) is 17.1 Å². The summed E-state index contributed by atoms with van der Waals surface area (Å²) in [6.45, 7) is 5.69. The number of rotatable bonds is 6. The van der Waals surface area contributed by atoms with E-state index >= 15 is 0 Å². The molecule has 1 aliphatic rings. The first-order valence-electron chi connectivity index (χ1n) is 12.5. The molecule has 4 aromatic rings. The first kappa shape index (κ1) is 28.2. The van der Waals surface area contributed by atoms with Crippen molar-refractivity contribution in [2.75, 3.05) is 5.32 Å². The number of aryl methyl sites for hydroxylation is 1. The average Bonchev–Trinajstić information content (AvgIpc) is 3.52. The van der Waals surface area contributed by atoms with Crippen molar-refractivity contribution in [3.63, 3.8) is 0 Å². The van der Waals surface area contributed by atoms with Crippen LogP contribution in [0.3, 0.4) is 0 Å². The molecule has 1 aliphatic carbocycles. The van der Waals surface area contributed by atoms with Crippen LogP contribution < -0.4 is 5.32 Å². The number of thiazole rings is 1. The Morgan fingerprint density at radius 1 is 1.15 bits per heavy atom. The van der Waals surface area contributed by atoms with Gasteiger partial charge in [-0.25, -0.2) is 15.0 Å². The van der Waals surface area contributed by atoms with Crippen molar-refractivity contribution in [1.82, 2.24) is 15.0 Å². The van der Waals surface area contributed by atoms with Crippen LogP contribution in [0.15, 0.2) is 47.4 Å². The number of hydrogen-bond acceptors (Lipinski definition) is 8. The molecule has 40 heavy (non-hydrogen) atoms. The van der Waals surface area contributed by atoms with Crippen molar-refractivity contribution < 1.29 is 28.2 Å². The quantitative estimate of drug-likeness (QED) is 0.214. The topological polar surface area (TPSA) is 108 Å². The highest BCUT2D eigenvalue weighted by Gasteiger charge is 2.49. The van der Waals surface area contributed by atoms with Gasteiger partial charge < -0.3 is 15.5 Å². The number of halogens is 3. The summed E-state index contributed by atoms with van der Waals surface area (Å²) in [5, 5.41) is 28.6. The number of anilines is 2. The number of carbonyl (C=O) groups is 1. The number of nitrogens with one attached hydrogen (secondary N) is 1. The second kappa shape index (κ2) is 10.2. The Labute approximate surface area is 236 Å². The Bertz CT molecular complexity index is 1570. The summed E-state index contributed by atoms with van der Waals surface area (Å²) in [6, 6.07) is 6.39. The van der Waals surface area contributed by atoms with Crippen molar-refractivity contribution >= 4 is 40.3 Å². The number of alkyl halides is 3. The van der Waals surface area contributed by atoms with Crippen molar-refractivity contribution in [3.8, 4) is 21.6 Å². The zero-order valence-electron chi connectivity index (χ0n) is 21.9. The van der Waals surface area contributed by atoms with E-state index in [0.717, 1.165) is 39.4 Å². The van der Waals surface area contributed by atoms with Crippen LogP contribution >= 0.6 is 22.7 Å². The summed E-state index contributed by atoms with van der Waals surface area (Å²) < 4.78 is 39.6. The zero-order chi connectivity index (χ0) is 28.9. The maximum atomic E-state index is 13.2. The predicted molar refractivity (Wildman–Crippen MR) is 149 cm³/mol. The molecule has 1 fully saturated rings. The van der Waals surface area contributed by atoms with Crippen molar-refractivity contribution in [3.05, 3.63) is 63.7 Å². The van der Waals surface area contributed by atoms with Gasteiger partial charge in [-0.2, -0.15) is 24.5 Å². The smallest absolute Gasteiger partial charge is 0.433 e. The van der Waals surface area contributed by atoms with Crippen molar-refractivity contribution in [1.29, 1.82) is 0 Å². The van der Waals surface area contributed by atoms with Gasteiger partial charge in [-0.3, -0.25) is 4.79 Å². The SMILES string of the molecule is Cc1cscc1-c1cc(Nc2nccc(C(F)(F)F)n2)cc(-c2cnc([C@@]3(O)CC[C@@H](C(=O)O)C(C)(C)C3)s2)c1. The fourth-order valence-corrected chi connectivity index (χ4v) is 7.24. The van der Waals surface area contributed by atoms with Gasteiger partial charge in [0.15, 0.2) is 0 Å². The number of carboxylic acid groups (broad SMARTS) is 1. The minimum atomic E-state index is -4.60. The van der Waals surface area contributed by atoms with Crippen LogP contribution in [0, 0.1) is 18.3 Å². The molecule has 3 aromatic heterocycles. The van der Waals surface area contributed by atoms with Gasteiger partial charge in [0.05, 0.1) is 10.8 Å². The summed E-state index contributed by atoms with van der Waals surface area (Å²) in [7, 11) is 0. The second-order valence-electron chi connectivity index (χ2n) is 10.8. The van der Waals surface area contributed by atoms with Crippen molar-refractivity contribution in [2.24, 2.45) is 11.3 Å². The highest BCUT2D eigenvalue weighted by Crippen LogP contribution is 2.51. The molecule has 7 nitrogen and oxygen atoms in total. The summed E-state index contributed by atoms with van der Waals surface area (Å²) in [6.07, 6.45) is -0.990. The van der Waals surface area contributed by atoms with Crippen LogP contribution in [0.2, 0.25) is 0 Å². The van der Waals surface area contributed by atoms with Crippen LogP contribution in [0.25, 0.3) is 21.6 Å². The normalized spacial score (nSPS) is 20.8. The van der Waals surface area contributed by atoms with Gasteiger partial charge >= 0.3 is 12.1 Å². The number of benzene rings is 1. The van der Waals surface area contributed by atoms with Gasteiger partial charge in [0, 0.05) is 18.1 Å². The average molecular weight is 589 g/mol. The van der Waals surface area contributed by atoms with Gasteiger partial charge in [0.2, 0.25) is 5.95 Å². The van der Waals surface area contributed by atoms with Gasteiger partial charge in [-0.05, 0) is 88.9 Å². The van der Waals surface area contributed by atoms with Gasteiger partial charge in [-0.1, -0.05) is 13.8 Å². The maximum absolute atomic E-state index is 13.2. The molecule has 0 amide bonds. The fraction of sp³-hybridized carbons (Fsp3) is 0.357. The molecule has 0 unspecified atom stereocenters. The van der Waals surface area contributed by atoms with Crippen molar-refractivity contribution in [2.45, 2.75) is 51.8 Å². The number of carboxylic acids is 1. The molecule has 3 N–H and O–H groups in total. The van der Waals surface area contributed by atoms with Crippen LogP contribution in [-0.2, 0) is 16.6 Å². The number of hydrogen-bond donors (Lipinski definition) is 3. The van der Waals surface area contributed by atoms with E-state index in [1.54, 1.807) is 23.6 Å². The third kappa shape index (κ3) is 5.61. The van der Waals surface area contributed by atoms with Gasteiger partial charge in [-0.15, -0.1) is 11.3 Å². The third-order valence-corrected chi connectivity index (χ3v) is 9.43. The van der Waals surface area contributed by atoms with E-state index in [9.17, 15) is 28.2 Å². The Morgan fingerprint density at radius 2 is 1.90 bits per heavy atom. The summed E-state index contributed by atoms with van der Waals surface area (Å²) in [5.41, 5.74) is 1.21. The van der Waals surface area contributed by atoms with E-state index in [2.05, 4.69) is 20.3 Å². The number of aliphatic carboxylic acids is 1. The van der Waals surface area contributed by atoms with E-state index in [4.69, 9.17) is 0 Å². The number of thiophene rings is 1. The molecule has 0 aliphatic heterocycles. The Hall–Kier alpha value is -3.35. The molecule has 0 spiro atoms. The molecule has 12 heteroatoms. The summed E-state index contributed by atoms with van der Waals surface area (Å²) >= 11 is 2.87. The van der Waals surface area contributed by atoms with E-state index < -0.39 is 34.8 Å². The predicted octanol–water partition coefficient (Wildman–Crippen LogP) is 7.50. The fourth-order valence-electron chi connectivity index (χ4n) is 5.36. The molecule has 1 saturated carbocycles. The van der Waals surface area contributed by atoms with Crippen LogP contribution in [-0.4, -0.2) is 31.1 Å². The molecule has 210 valence electrons. The minimum Gasteiger partial charge on any atom is -0.481 e. The lowest BCUT2D eigenvalue weighted by Gasteiger charge is -2.44. The van der Waals surface area contributed by atoms with E-state index in [1.807, 2.05) is 43.7 Å².